The molecule has 0 saturated carbocycles. The van der Waals surface area contributed by atoms with Crippen molar-refractivity contribution in [2.45, 2.75) is 6.92 Å². The highest BCUT2D eigenvalue weighted by molar-refractivity contribution is 6.10. The fourth-order valence-corrected chi connectivity index (χ4v) is 4.62. The number of methoxy groups -OCH3 is 3. The summed E-state index contributed by atoms with van der Waals surface area (Å²) >= 11 is 0. The third-order valence-electron chi connectivity index (χ3n) is 6.70. The maximum atomic E-state index is 13.7. The zero-order valence-corrected chi connectivity index (χ0v) is 24.2. The molecule has 43 heavy (non-hydrogen) atoms. The quantitative estimate of drug-likeness (QED) is 0.0683. The normalized spacial score (nSPS) is 11.0. The van der Waals surface area contributed by atoms with Crippen molar-refractivity contribution < 1.29 is 37.7 Å². The number of carbonyl (C=O) groups excluding carboxylic acids is 2. The Hall–Kier alpha value is -5.50. The molecule has 218 valence electrons. The van der Waals surface area contributed by atoms with Gasteiger partial charge in [0.2, 0.25) is 0 Å². The van der Waals surface area contributed by atoms with E-state index in [0.29, 0.717) is 57.5 Å². The number of esters is 1. The molecule has 0 amide bonds. The lowest BCUT2D eigenvalue weighted by molar-refractivity contribution is 0.0731. The molecule has 4 aromatic carbocycles. The molecule has 8 nitrogen and oxygen atoms in total. The molecule has 0 aliphatic rings. The molecule has 0 spiro atoms. The number of furan rings is 1. The van der Waals surface area contributed by atoms with Crippen LogP contribution in [0.2, 0.25) is 0 Å². The number of ether oxygens (including phenoxy) is 5. The molecule has 1 heterocycles. The van der Waals surface area contributed by atoms with Crippen LogP contribution in [0.5, 0.6) is 28.7 Å². The first-order chi connectivity index (χ1) is 20.9. The van der Waals surface area contributed by atoms with Crippen molar-refractivity contribution in [3.63, 3.8) is 0 Å². The van der Waals surface area contributed by atoms with E-state index in [9.17, 15) is 9.59 Å². The van der Waals surface area contributed by atoms with Crippen molar-refractivity contribution in [1.82, 2.24) is 0 Å². The summed E-state index contributed by atoms with van der Waals surface area (Å²) in [5.74, 6) is 1.65. The van der Waals surface area contributed by atoms with E-state index in [4.69, 9.17) is 28.1 Å². The number of fused-ring (bicyclic) bond motifs is 1. The van der Waals surface area contributed by atoms with Crippen LogP contribution in [-0.4, -0.2) is 39.7 Å². The van der Waals surface area contributed by atoms with E-state index in [-0.39, 0.29) is 17.1 Å². The summed E-state index contributed by atoms with van der Waals surface area (Å²) in [6.07, 6.45) is 3.08. The minimum Gasteiger partial charge on any atom is -0.497 e. The first-order valence-electron chi connectivity index (χ1n) is 13.5. The molecule has 5 aromatic rings. The predicted octanol–water partition coefficient (Wildman–Crippen LogP) is 7.64. The van der Waals surface area contributed by atoms with Crippen molar-refractivity contribution in [3.05, 3.63) is 108 Å². The van der Waals surface area contributed by atoms with Crippen LogP contribution >= 0.6 is 0 Å². The Labute approximate surface area is 249 Å². The average Bonchev–Trinajstić information content (AvgIpc) is 3.43. The molecule has 0 fully saturated rings. The van der Waals surface area contributed by atoms with Gasteiger partial charge in [0.05, 0.1) is 33.5 Å². The zero-order chi connectivity index (χ0) is 30.3. The highest BCUT2D eigenvalue weighted by Gasteiger charge is 2.25. The van der Waals surface area contributed by atoms with Gasteiger partial charge in [0.1, 0.15) is 34.2 Å². The zero-order valence-electron chi connectivity index (χ0n) is 24.2. The first kappa shape index (κ1) is 29.0. The standard InChI is InChI=1S/C35H30O8/c1-5-41-25-14-18-29-27(20-25)33(34(42-29)23-9-7-6-8-10-23)35(37)43-30-17-12-22(19-32(30)40-4)11-16-28(36)26-15-13-24(38-2)21-31(26)39-3/h6-21H,5H2,1-4H3/b16-11+. The molecule has 0 aliphatic heterocycles. The number of allylic oxidation sites excluding steroid dienone is 1. The second-order valence-electron chi connectivity index (χ2n) is 9.33. The van der Waals surface area contributed by atoms with E-state index in [2.05, 4.69) is 0 Å². The van der Waals surface area contributed by atoms with Crippen LogP contribution in [0.15, 0.2) is 95.4 Å². The van der Waals surface area contributed by atoms with Crippen molar-refractivity contribution >= 4 is 28.8 Å². The minimum absolute atomic E-state index is 0.210. The van der Waals surface area contributed by atoms with Crippen LogP contribution in [0.4, 0.5) is 0 Å². The topological polar surface area (TPSA) is 93.4 Å². The Balaban J connectivity index is 1.44. The number of hydrogen-bond donors (Lipinski definition) is 0. The Morgan fingerprint density at radius 2 is 1.53 bits per heavy atom. The fourth-order valence-electron chi connectivity index (χ4n) is 4.62. The van der Waals surface area contributed by atoms with E-state index in [0.717, 1.165) is 5.56 Å². The van der Waals surface area contributed by atoms with Crippen LogP contribution in [0.25, 0.3) is 28.4 Å². The second-order valence-corrected chi connectivity index (χ2v) is 9.33. The maximum Gasteiger partial charge on any atom is 0.348 e. The lowest BCUT2D eigenvalue weighted by Crippen LogP contribution is -2.10. The maximum absolute atomic E-state index is 13.7. The lowest BCUT2D eigenvalue weighted by Gasteiger charge is -2.11. The Morgan fingerprint density at radius 1 is 0.767 bits per heavy atom. The minimum atomic E-state index is -0.616. The van der Waals surface area contributed by atoms with E-state index in [1.165, 1.54) is 20.3 Å². The second kappa shape index (κ2) is 13.0. The van der Waals surface area contributed by atoms with Gasteiger partial charge < -0.3 is 28.1 Å². The van der Waals surface area contributed by atoms with Gasteiger partial charge in [-0.15, -0.1) is 0 Å². The van der Waals surface area contributed by atoms with Crippen LogP contribution in [-0.2, 0) is 0 Å². The summed E-state index contributed by atoms with van der Waals surface area (Å²) in [6, 6.07) is 24.7. The van der Waals surface area contributed by atoms with Crippen molar-refractivity contribution in [3.8, 4) is 40.1 Å². The third kappa shape index (κ3) is 6.23. The Bertz CT molecular complexity index is 1800. The van der Waals surface area contributed by atoms with E-state index >= 15 is 0 Å². The molecule has 0 unspecified atom stereocenters. The smallest absolute Gasteiger partial charge is 0.348 e. The molecule has 0 aliphatic carbocycles. The number of rotatable bonds is 11. The number of hydrogen-bond acceptors (Lipinski definition) is 8. The highest BCUT2D eigenvalue weighted by atomic mass is 16.6. The molecule has 1 aromatic heterocycles. The van der Waals surface area contributed by atoms with Gasteiger partial charge >= 0.3 is 5.97 Å². The summed E-state index contributed by atoms with van der Waals surface area (Å²) in [5, 5.41) is 0.570. The summed E-state index contributed by atoms with van der Waals surface area (Å²) in [7, 11) is 4.51. The van der Waals surface area contributed by atoms with Crippen molar-refractivity contribution in [2.24, 2.45) is 0 Å². The largest absolute Gasteiger partial charge is 0.497 e. The van der Waals surface area contributed by atoms with Crippen LogP contribution in [0.1, 0.15) is 33.2 Å². The molecular formula is C35H30O8. The van der Waals surface area contributed by atoms with Gasteiger partial charge in [0, 0.05) is 17.0 Å². The van der Waals surface area contributed by atoms with E-state index in [1.54, 1.807) is 67.8 Å². The third-order valence-corrected chi connectivity index (χ3v) is 6.70. The Kier molecular flexibility index (Phi) is 8.77. The van der Waals surface area contributed by atoms with Gasteiger partial charge in [-0.3, -0.25) is 4.79 Å². The SMILES string of the molecule is CCOc1ccc2oc(-c3ccccc3)c(C(=O)Oc3ccc(/C=C/C(=O)c4ccc(OC)cc4OC)cc3OC)c2c1. The molecule has 0 N–H and O–H groups in total. The van der Waals surface area contributed by atoms with Gasteiger partial charge in [-0.2, -0.15) is 0 Å². The lowest BCUT2D eigenvalue weighted by atomic mass is 10.1. The van der Waals surface area contributed by atoms with Crippen LogP contribution < -0.4 is 23.7 Å². The fraction of sp³-hybridized carbons (Fsp3) is 0.143. The van der Waals surface area contributed by atoms with E-state index < -0.39 is 5.97 Å². The number of carbonyl (C=O) groups is 2. The van der Waals surface area contributed by atoms with Gasteiger partial charge in [-0.25, -0.2) is 4.79 Å². The Morgan fingerprint density at radius 3 is 2.26 bits per heavy atom. The molecule has 0 bridgehead atoms. The molecule has 0 radical (unpaired) electrons. The van der Waals surface area contributed by atoms with Crippen LogP contribution in [0.3, 0.4) is 0 Å². The van der Waals surface area contributed by atoms with Crippen molar-refractivity contribution in [2.75, 3.05) is 27.9 Å². The van der Waals surface area contributed by atoms with Crippen LogP contribution in [0, 0.1) is 0 Å². The van der Waals surface area contributed by atoms with Gasteiger partial charge in [0.25, 0.3) is 0 Å². The summed E-state index contributed by atoms with van der Waals surface area (Å²) in [6.45, 7) is 2.37. The van der Waals surface area contributed by atoms with Gasteiger partial charge in [-0.05, 0) is 61.0 Å². The summed E-state index contributed by atoms with van der Waals surface area (Å²) in [4.78, 5) is 26.6. The molecule has 0 saturated heterocycles. The molecule has 8 heteroatoms. The molecule has 0 atom stereocenters. The predicted molar refractivity (Wildman–Crippen MR) is 164 cm³/mol. The van der Waals surface area contributed by atoms with Crippen molar-refractivity contribution in [1.29, 1.82) is 0 Å². The van der Waals surface area contributed by atoms with E-state index in [1.807, 2.05) is 37.3 Å². The van der Waals surface area contributed by atoms with Gasteiger partial charge in [0.15, 0.2) is 17.3 Å². The first-order valence-corrected chi connectivity index (χ1v) is 13.5. The average molecular weight is 579 g/mol. The monoisotopic (exact) mass is 578 g/mol. The number of benzene rings is 4. The van der Waals surface area contributed by atoms with Gasteiger partial charge in [-0.1, -0.05) is 42.5 Å². The summed E-state index contributed by atoms with van der Waals surface area (Å²) < 4.78 is 33.8. The summed E-state index contributed by atoms with van der Waals surface area (Å²) in [5.41, 5.74) is 2.59. The molecule has 5 rings (SSSR count). The molecular weight excluding hydrogens is 548 g/mol. The highest BCUT2D eigenvalue weighted by Crippen LogP contribution is 2.37. The number of ketones is 1.